The second kappa shape index (κ2) is 6.61. The minimum atomic E-state index is -0.801. The summed E-state index contributed by atoms with van der Waals surface area (Å²) in [4.78, 5) is 25.0. The van der Waals surface area contributed by atoms with E-state index in [-0.39, 0.29) is 5.91 Å². The Balaban J connectivity index is 2.14. The summed E-state index contributed by atoms with van der Waals surface area (Å²) < 4.78 is 0. The number of hydrogen-bond acceptors (Lipinski definition) is 3. The Labute approximate surface area is 125 Å². The van der Waals surface area contributed by atoms with Gasteiger partial charge in [-0.1, -0.05) is 13.3 Å². The monoisotopic (exact) mass is 290 g/mol. The van der Waals surface area contributed by atoms with Crippen LogP contribution in [0.4, 0.5) is 5.69 Å². The number of hydrogen-bond donors (Lipinski definition) is 2. The predicted octanol–water partition coefficient (Wildman–Crippen LogP) is 2.05. The van der Waals surface area contributed by atoms with Crippen LogP contribution in [0.1, 0.15) is 42.1 Å². The average molecular weight is 290 g/mol. The van der Waals surface area contributed by atoms with Crippen LogP contribution < -0.4 is 10.2 Å². The summed E-state index contributed by atoms with van der Waals surface area (Å²) >= 11 is 0. The Morgan fingerprint density at radius 3 is 2.86 bits per heavy atom. The van der Waals surface area contributed by atoms with Crippen molar-refractivity contribution in [3.05, 3.63) is 29.3 Å². The number of carboxylic acids is 1. The number of aliphatic carboxylic acids is 1. The van der Waals surface area contributed by atoms with Crippen LogP contribution >= 0.6 is 0 Å². The smallest absolute Gasteiger partial charge is 0.326 e. The summed E-state index contributed by atoms with van der Waals surface area (Å²) in [5.41, 5.74) is 2.59. The minimum Gasteiger partial charge on any atom is -0.480 e. The van der Waals surface area contributed by atoms with E-state index in [0.29, 0.717) is 24.9 Å². The van der Waals surface area contributed by atoms with E-state index in [9.17, 15) is 14.7 Å². The summed E-state index contributed by atoms with van der Waals surface area (Å²) in [5, 5.41) is 12.1. The lowest BCUT2D eigenvalue weighted by Gasteiger charge is -2.33. The van der Waals surface area contributed by atoms with Gasteiger partial charge in [-0.2, -0.15) is 0 Å². The van der Waals surface area contributed by atoms with E-state index in [0.717, 1.165) is 24.1 Å². The van der Waals surface area contributed by atoms with E-state index < -0.39 is 12.0 Å². The maximum Gasteiger partial charge on any atom is 0.326 e. The van der Waals surface area contributed by atoms with Gasteiger partial charge in [-0.25, -0.2) is 4.79 Å². The molecule has 21 heavy (non-hydrogen) atoms. The second-order valence-corrected chi connectivity index (χ2v) is 5.46. The largest absolute Gasteiger partial charge is 0.480 e. The van der Waals surface area contributed by atoms with Gasteiger partial charge in [0.25, 0.3) is 5.91 Å². The van der Waals surface area contributed by atoms with Gasteiger partial charge < -0.3 is 15.3 Å². The van der Waals surface area contributed by atoms with E-state index in [1.165, 1.54) is 0 Å². The van der Waals surface area contributed by atoms with Crippen LogP contribution in [0.2, 0.25) is 0 Å². The first-order valence-electron chi connectivity index (χ1n) is 7.41. The molecule has 0 spiro atoms. The molecule has 2 rings (SSSR count). The fourth-order valence-corrected chi connectivity index (χ4v) is 2.69. The molecule has 1 heterocycles. The van der Waals surface area contributed by atoms with Crippen molar-refractivity contribution < 1.29 is 14.7 Å². The lowest BCUT2D eigenvalue weighted by atomic mass is 9.94. The Kier molecular flexibility index (Phi) is 4.83. The van der Waals surface area contributed by atoms with Gasteiger partial charge in [0.2, 0.25) is 0 Å². The highest BCUT2D eigenvalue weighted by molar-refractivity contribution is 5.95. The molecular weight excluding hydrogens is 268 g/mol. The summed E-state index contributed by atoms with van der Waals surface area (Å²) in [6, 6.07) is 5.01. The number of nitrogens with one attached hydrogen (secondary N) is 1. The number of likely N-dealkylation sites (N-methyl/N-ethyl adjacent to an activating group) is 1. The molecule has 2 N–H and O–H groups in total. The lowest BCUT2D eigenvalue weighted by Crippen LogP contribution is -2.42. The molecular formula is C16H22N2O3. The Hall–Kier alpha value is -2.04. The van der Waals surface area contributed by atoms with Gasteiger partial charge in [-0.15, -0.1) is 0 Å². The number of nitrogens with zero attached hydrogens (tertiary/aromatic N) is 1. The molecule has 5 heteroatoms. The molecule has 1 atom stereocenters. The number of carboxylic acid groups (broad SMARTS) is 1. The van der Waals surface area contributed by atoms with E-state index in [1.807, 2.05) is 12.1 Å². The number of benzene rings is 1. The van der Waals surface area contributed by atoms with Gasteiger partial charge in [0.05, 0.1) is 0 Å². The lowest BCUT2D eigenvalue weighted by molar-refractivity contribution is -0.138. The number of aryl methyl sites for hydroxylation is 1. The van der Waals surface area contributed by atoms with Crippen LogP contribution in [0.25, 0.3) is 0 Å². The van der Waals surface area contributed by atoms with Crippen molar-refractivity contribution in [1.29, 1.82) is 0 Å². The average Bonchev–Trinajstić information content (AvgIpc) is 2.47. The zero-order valence-electron chi connectivity index (χ0n) is 12.6. The molecule has 0 aromatic heterocycles. The summed E-state index contributed by atoms with van der Waals surface area (Å²) in [6.45, 7) is 2.77. The number of carbonyl (C=O) groups excluding carboxylic acids is 1. The molecule has 0 aliphatic carbocycles. The molecule has 1 aromatic rings. The summed E-state index contributed by atoms with van der Waals surface area (Å²) in [5.74, 6) is -0.862. The van der Waals surface area contributed by atoms with Crippen LogP contribution in [0, 0.1) is 0 Å². The standard InChI is InChI=1S/C16H22N2O3/c1-3-4-9-17-15(19)12-6-7-13-11(10-12)5-8-14(16(20)21)18(13)2/h6-7,10,14H,3-5,8-9H2,1-2H3,(H,17,19)(H,20,21). The van der Waals surface area contributed by atoms with Crippen molar-refractivity contribution in [2.24, 2.45) is 0 Å². The third kappa shape index (κ3) is 3.35. The van der Waals surface area contributed by atoms with E-state index >= 15 is 0 Å². The Morgan fingerprint density at radius 1 is 1.43 bits per heavy atom. The molecule has 1 aromatic carbocycles. The Morgan fingerprint density at radius 2 is 2.19 bits per heavy atom. The number of amides is 1. The van der Waals surface area contributed by atoms with Crippen molar-refractivity contribution >= 4 is 17.6 Å². The Bertz CT molecular complexity index is 542. The molecule has 1 aliphatic heterocycles. The van der Waals surface area contributed by atoms with Crippen LogP contribution in [-0.4, -0.2) is 36.6 Å². The molecule has 0 saturated carbocycles. The van der Waals surface area contributed by atoms with E-state index in [2.05, 4.69) is 12.2 Å². The first kappa shape index (κ1) is 15.4. The SMILES string of the molecule is CCCCNC(=O)c1ccc2c(c1)CCC(C(=O)O)N2C. The third-order valence-corrected chi connectivity index (χ3v) is 3.98. The maximum atomic E-state index is 12.0. The number of fused-ring (bicyclic) bond motifs is 1. The highest BCUT2D eigenvalue weighted by Crippen LogP contribution is 2.30. The maximum absolute atomic E-state index is 12.0. The normalized spacial score (nSPS) is 17.2. The van der Waals surface area contributed by atoms with Gasteiger partial charge in [0.15, 0.2) is 0 Å². The van der Waals surface area contributed by atoms with Crippen molar-refractivity contribution in [2.75, 3.05) is 18.5 Å². The van der Waals surface area contributed by atoms with Gasteiger partial charge >= 0.3 is 5.97 Å². The van der Waals surface area contributed by atoms with Crippen LogP contribution in [0.3, 0.4) is 0 Å². The van der Waals surface area contributed by atoms with E-state index in [1.54, 1.807) is 18.0 Å². The van der Waals surface area contributed by atoms with Crippen LogP contribution in [0.15, 0.2) is 18.2 Å². The zero-order chi connectivity index (χ0) is 15.4. The first-order chi connectivity index (χ1) is 10.0. The van der Waals surface area contributed by atoms with Crippen molar-refractivity contribution in [3.8, 4) is 0 Å². The first-order valence-corrected chi connectivity index (χ1v) is 7.41. The summed E-state index contributed by atoms with van der Waals surface area (Å²) in [7, 11) is 1.79. The van der Waals surface area contributed by atoms with Crippen LogP contribution in [0.5, 0.6) is 0 Å². The van der Waals surface area contributed by atoms with Gasteiger partial charge in [0, 0.05) is 24.8 Å². The topological polar surface area (TPSA) is 69.6 Å². The molecule has 114 valence electrons. The van der Waals surface area contributed by atoms with E-state index in [4.69, 9.17) is 0 Å². The van der Waals surface area contributed by atoms with Gasteiger partial charge in [0.1, 0.15) is 6.04 Å². The summed E-state index contributed by atoms with van der Waals surface area (Å²) in [6.07, 6.45) is 3.28. The molecule has 1 aliphatic rings. The van der Waals surface area contributed by atoms with Crippen LogP contribution in [-0.2, 0) is 11.2 Å². The fourth-order valence-electron chi connectivity index (χ4n) is 2.69. The molecule has 5 nitrogen and oxygen atoms in total. The number of rotatable bonds is 5. The minimum absolute atomic E-state index is 0.0609. The zero-order valence-corrected chi connectivity index (χ0v) is 12.6. The van der Waals surface area contributed by atoms with Crippen molar-refractivity contribution in [1.82, 2.24) is 5.32 Å². The van der Waals surface area contributed by atoms with Crippen molar-refractivity contribution in [3.63, 3.8) is 0 Å². The molecule has 1 unspecified atom stereocenters. The third-order valence-electron chi connectivity index (χ3n) is 3.98. The molecule has 0 saturated heterocycles. The highest BCUT2D eigenvalue weighted by Gasteiger charge is 2.29. The molecule has 0 bridgehead atoms. The number of unbranched alkanes of at least 4 members (excludes halogenated alkanes) is 1. The molecule has 1 amide bonds. The fraction of sp³-hybridized carbons (Fsp3) is 0.500. The number of carbonyl (C=O) groups is 2. The highest BCUT2D eigenvalue weighted by atomic mass is 16.4. The second-order valence-electron chi connectivity index (χ2n) is 5.46. The quantitative estimate of drug-likeness (QED) is 0.814. The number of anilines is 1. The molecule has 0 radical (unpaired) electrons. The van der Waals surface area contributed by atoms with Crippen molar-refractivity contribution in [2.45, 2.75) is 38.6 Å². The predicted molar refractivity (Wildman–Crippen MR) is 81.8 cm³/mol. The van der Waals surface area contributed by atoms with Gasteiger partial charge in [-0.05, 0) is 43.0 Å². The molecule has 0 fully saturated rings. The van der Waals surface area contributed by atoms with Gasteiger partial charge in [-0.3, -0.25) is 4.79 Å².